The minimum absolute atomic E-state index is 0.0240. The molecule has 10 N–H and O–H groups in total. The fraction of sp³-hybridized carbons (Fsp3) is 0.458. The number of nitrogens with zero attached hydrogens (tertiary/aromatic N) is 6. The number of aliphatic carboxylic acids is 2. The molecule has 0 spiro atoms. The molecule has 0 saturated carbocycles. The van der Waals surface area contributed by atoms with Crippen molar-refractivity contribution in [3.05, 3.63) is 17.6 Å². The molecular weight excluding hydrogens is 634 g/mol. The van der Waals surface area contributed by atoms with E-state index in [4.69, 9.17) is 22.0 Å². The van der Waals surface area contributed by atoms with Crippen LogP contribution in [0.25, 0.3) is 6.20 Å². The van der Waals surface area contributed by atoms with E-state index >= 15 is 0 Å². The largest absolute Gasteiger partial charge is 0.479 e. The lowest BCUT2D eigenvalue weighted by molar-refractivity contribution is -0.656. The van der Waals surface area contributed by atoms with Crippen molar-refractivity contribution in [1.82, 2.24) is 24.3 Å². The molecule has 2 saturated heterocycles. The molecule has 2 aromatic heterocycles. The van der Waals surface area contributed by atoms with Crippen LogP contribution in [-0.4, -0.2) is 100 Å². The van der Waals surface area contributed by atoms with Gasteiger partial charge in [-0.1, -0.05) is 9.84 Å². The molecule has 2 aromatic rings. The number of Topliss-reactive ketones (excluding diaryl/α,β-unsaturated/α-hetero) is 1. The third-order valence-electron chi connectivity index (χ3n) is 6.89. The van der Waals surface area contributed by atoms with E-state index in [-0.39, 0.29) is 41.3 Å². The number of β-lactam (4-membered cyclic amide) rings is 1. The van der Waals surface area contributed by atoms with Crippen molar-refractivity contribution < 1.29 is 43.7 Å². The molecule has 0 radical (unpaired) electrons. The van der Waals surface area contributed by atoms with Gasteiger partial charge < -0.3 is 42.5 Å². The highest BCUT2D eigenvalue weighted by Crippen LogP contribution is 2.45. The second-order valence-corrected chi connectivity index (χ2v) is 12.3. The zero-order valence-electron chi connectivity index (χ0n) is 24.3. The van der Waals surface area contributed by atoms with Crippen LogP contribution in [0.4, 0.5) is 21.4 Å². The number of carbonyl (C=O) groups is 5. The summed E-state index contributed by atoms with van der Waals surface area (Å²) in [6.45, 7) is 2.95. The summed E-state index contributed by atoms with van der Waals surface area (Å²) in [5, 5.41) is 27.7. The Labute approximate surface area is 263 Å². The Morgan fingerprint density at radius 3 is 2.60 bits per heavy atom. The van der Waals surface area contributed by atoms with E-state index in [1.165, 1.54) is 52.3 Å². The second-order valence-electron chi connectivity index (χ2n) is 10.4. The van der Waals surface area contributed by atoms with Crippen molar-refractivity contribution in [3.8, 4) is 0 Å². The fourth-order valence-electron chi connectivity index (χ4n) is 4.40. The van der Waals surface area contributed by atoms with Gasteiger partial charge in [-0.15, -0.1) is 16.4 Å². The number of nitrogens with one attached hydrogen (secondary N) is 2. The molecular formula is C24H32N11O8S2+. The zero-order chi connectivity index (χ0) is 33.2. The Kier molecular flexibility index (Phi) is 9.63. The second kappa shape index (κ2) is 13.1. The number of carboxylic acid groups (broad SMARTS) is 2. The van der Waals surface area contributed by atoms with Gasteiger partial charge in [0.05, 0.1) is 18.3 Å². The summed E-state index contributed by atoms with van der Waals surface area (Å²) in [7, 11) is 1.60. The Morgan fingerprint density at radius 1 is 1.29 bits per heavy atom. The fourth-order valence-corrected chi connectivity index (χ4v) is 6.26. The molecule has 19 nitrogen and oxygen atoms in total. The van der Waals surface area contributed by atoms with E-state index in [1.54, 1.807) is 7.05 Å². The van der Waals surface area contributed by atoms with Gasteiger partial charge in [0.15, 0.2) is 34.2 Å². The van der Waals surface area contributed by atoms with Gasteiger partial charge >= 0.3 is 18.0 Å². The summed E-state index contributed by atoms with van der Waals surface area (Å²) >= 11 is 2.04. The predicted octanol–water partition coefficient (Wildman–Crippen LogP) is -1.52. The number of hydrogen-bond donors (Lipinski definition) is 7. The summed E-state index contributed by atoms with van der Waals surface area (Å²) in [6.07, 6.45) is 2.61. The maximum Gasteiger partial charge on any atom is 0.350 e. The number of fused-ring (bicyclic) bond motifs is 1. The van der Waals surface area contributed by atoms with Crippen LogP contribution in [0.3, 0.4) is 0 Å². The molecule has 2 fully saturated rings. The predicted molar refractivity (Wildman–Crippen MR) is 162 cm³/mol. The van der Waals surface area contributed by atoms with Gasteiger partial charge in [0.2, 0.25) is 29.7 Å². The number of rotatable bonds is 12. The van der Waals surface area contributed by atoms with Gasteiger partial charge in [-0.2, -0.15) is 9.36 Å². The van der Waals surface area contributed by atoms with Crippen LogP contribution in [0.5, 0.6) is 0 Å². The molecule has 4 heterocycles. The van der Waals surface area contributed by atoms with Gasteiger partial charge in [0, 0.05) is 42.4 Å². The molecule has 21 heteroatoms. The minimum atomic E-state index is -1.79. The van der Waals surface area contributed by atoms with Crippen LogP contribution in [0.15, 0.2) is 16.9 Å². The number of aromatic nitrogens is 4. The minimum Gasteiger partial charge on any atom is -0.479 e. The van der Waals surface area contributed by atoms with Crippen molar-refractivity contribution in [3.63, 3.8) is 0 Å². The normalized spacial score (nSPS) is 20.8. The lowest BCUT2D eigenvalue weighted by atomic mass is 9.87. The SMILES string of the molecule is Cn1c(N)c(NC(=O)NCCN)c[n+]1/C=C1\CS[C@@H]2[C@H](CC(=O)/C(=N\OC(C)(C)C(=O)O)c3nsc(N)n3)C(=O)N2[C@H]1C(=O)O. The number of carboxylic acids is 2. The van der Waals surface area contributed by atoms with E-state index in [1.807, 2.05) is 0 Å². The Bertz CT molecular complexity index is 1600. The highest BCUT2D eigenvalue weighted by molar-refractivity contribution is 8.00. The molecule has 242 valence electrons. The maximum atomic E-state index is 13.3. The quantitative estimate of drug-likeness (QED) is 0.0586. The van der Waals surface area contributed by atoms with E-state index in [2.05, 4.69) is 25.1 Å². The number of amides is 3. The maximum absolute atomic E-state index is 13.3. The molecule has 3 amide bonds. The average molecular weight is 667 g/mol. The molecule has 2 aliphatic heterocycles. The van der Waals surface area contributed by atoms with E-state index < -0.39 is 64.7 Å². The third kappa shape index (κ3) is 6.83. The van der Waals surface area contributed by atoms with Crippen LogP contribution in [-0.2, 0) is 31.1 Å². The van der Waals surface area contributed by atoms with Crippen LogP contribution in [0, 0.1) is 5.92 Å². The number of hydrogen-bond acceptors (Lipinski definition) is 14. The average Bonchev–Trinajstić information content (AvgIpc) is 3.52. The number of carbonyl (C=O) groups excluding carboxylic acids is 3. The van der Waals surface area contributed by atoms with Crippen molar-refractivity contribution in [2.45, 2.75) is 37.3 Å². The molecule has 45 heavy (non-hydrogen) atoms. The van der Waals surface area contributed by atoms with E-state index in [0.29, 0.717) is 5.57 Å². The highest BCUT2D eigenvalue weighted by atomic mass is 32.2. The Morgan fingerprint density at radius 2 is 2.00 bits per heavy atom. The third-order valence-corrected chi connectivity index (χ3v) is 8.83. The molecule has 2 aliphatic rings. The van der Waals surface area contributed by atoms with Crippen LogP contribution < -0.4 is 32.5 Å². The summed E-state index contributed by atoms with van der Waals surface area (Å²) in [6, 6.07) is -1.86. The van der Waals surface area contributed by atoms with Crippen LogP contribution in [0.1, 0.15) is 26.1 Å². The summed E-state index contributed by atoms with van der Waals surface area (Å²) < 4.78 is 6.93. The van der Waals surface area contributed by atoms with Crippen molar-refractivity contribution in [2.24, 2.45) is 23.9 Å². The van der Waals surface area contributed by atoms with Crippen LogP contribution >= 0.6 is 23.3 Å². The zero-order valence-corrected chi connectivity index (χ0v) is 25.9. The first-order valence-corrected chi connectivity index (χ1v) is 15.1. The number of oxime groups is 1. The number of anilines is 3. The number of urea groups is 1. The molecule has 0 unspecified atom stereocenters. The molecule has 0 aromatic carbocycles. The van der Waals surface area contributed by atoms with Gasteiger partial charge in [0.25, 0.3) is 0 Å². The first kappa shape index (κ1) is 33.1. The highest BCUT2D eigenvalue weighted by Gasteiger charge is 2.57. The number of thioether (sulfide) groups is 1. The topological polar surface area (TPSA) is 287 Å². The van der Waals surface area contributed by atoms with Crippen molar-refractivity contribution in [2.75, 3.05) is 35.6 Å². The number of nitrogen functional groups attached to an aromatic ring is 2. The Balaban J connectivity index is 1.54. The molecule has 0 bridgehead atoms. The van der Waals surface area contributed by atoms with E-state index in [0.717, 1.165) is 11.5 Å². The molecule has 4 rings (SSSR count). The first-order chi connectivity index (χ1) is 21.2. The van der Waals surface area contributed by atoms with Gasteiger partial charge in [-0.25, -0.2) is 14.4 Å². The number of ketones is 1. The lowest BCUT2D eigenvalue weighted by Gasteiger charge is -2.52. The van der Waals surface area contributed by atoms with Gasteiger partial charge in [-0.3, -0.25) is 14.9 Å². The monoisotopic (exact) mass is 666 g/mol. The lowest BCUT2D eigenvalue weighted by Crippen LogP contribution is -2.68. The van der Waals surface area contributed by atoms with E-state index in [9.17, 15) is 34.2 Å². The number of nitrogens with two attached hydrogens (primary N) is 3. The van der Waals surface area contributed by atoms with Gasteiger partial charge in [-0.05, 0) is 13.8 Å². The molecule has 3 atom stereocenters. The van der Waals surface area contributed by atoms with Gasteiger partial charge in [0.1, 0.15) is 0 Å². The summed E-state index contributed by atoms with van der Waals surface area (Å²) in [5.41, 5.74) is 15.6. The Hall–Kier alpha value is -4.76. The summed E-state index contributed by atoms with van der Waals surface area (Å²) in [4.78, 5) is 72.8. The van der Waals surface area contributed by atoms with Crippen molar-refractivity contribution in [1.29, 1.82) is 0 Å². The smallest absolute Gasteiger partial charge is 0.350 e. The van der Waals surface area contributed by atoms with Crippen molar-refractivity contribution >= 4 is 81.5 Å². The van der Waals surface area contributed by atoms with Crippen LogP contribution in [0.2, 0.25) is 0 Å². The molecule has 0 aliphatic carbocycles. The summed E-state index contributed by atoms with van der Waals surface area (Å²) in [5.74, 6) is -4.63. The first-order valence-electron chi connectivity index (χ1n) is 13.3. The standard InChI is InChI=1S/C24H31N11O8S2/c1-24(2,21(40)41)43-31-14(17-30-22(27)45-32-17)13(36)6-11-18(37)35-15(20(38)39)10(9-44-19(11)35)7-34-8-12(16(26)33(34)3)29-23(42)28-5-4-25/h7-8,11,15,19,26H,4-6,9,25H2,1-3H3,(H6,27,28,29,30,32,38,39,40,41,42)/p+1/b10-7+,31-14+/t11-,15-,19-/m1/s1.